The Hall–Kier alpha value is -2.00. The number of carbonyl (C=O) groups excluding carboxylic acids is 1. The summed E-state index contributed by atoms with van der Waals surface area (Å²) in [6, 6.07) is 14.8. The number of rotatable bonds is 3. The number of carbonyl (C=O) groups is 1. The Morgan fingerprint density at radius 2 is 1.79 bits per heavy atom. The standard InChI is InChI=1S/C15H15ClN2O/c1-11-4-2-3-5-14(11)18-15(19)17-10-12-6-8-13(16)9-7-12/h2-9H,10H2,1H3,(H2,17,18,19). The molecule has 0 saturated carbocycles. The minimum atomic E-state index is -0.218. The summed E-state index contributed by atoms with van der Waals surface area (Å²) >= 11 is 5.80. The highest BCUT2D eigenvalue weighted by Gasteiger charge is 2.03. The van der Waals surface area contributed by atoms with Crippen LogP contribution in [0, 0.1) is 6.92 Å². The molecular weight excluding hydrogens is 260 g/mol. The van der Waals surface area contributed by atoms with Crippen LogP contribution in [0.1, 0.15) is 11.1 Å². The first-order valence-electron chi connectivity index (χ1n) is 6.00. The molecule has 0 unspecified atom stereocenters. The van der Waals surface area contributed by atoms with Crippen molar-refractivity contribution in [1.29, 1.82) is 0 Å². The molecule has 19 heavy (non-hydrogen) atoms. The third kappa shape index (κ3) is 4.00. The van der Waals surface area contributed by atoms with Crippen LogP contribution in [0.25, 0.3) is 0 Å². The van der Waals surface area contributed by atoms with E-state index >= 15 is 0 Å². The minimum Gasteiger partial charge on any atom is -0.334 e. The molecule has 0 heterocycles. The summed E-state index contributed by atoms with van der Waals surface area (Å²) in [5, 5.41) is 6.30. The Bertz CT molecular complexity index is 567. The summed E-state index contributed by atoms with van der Waals surface area (Å²) in [4.78, 5) is 11.8. The zero-order valence-electron chi connectivity index (χ0n) is 10.6. The van der Waals surface area contributed by atoms with Crippen LogP contribution in [0.2, 0.25) is 5.02 Å². The average Bonchev–Trinajstić information content (AvgIpc) is 2.41. The second-order valence-corrected chi connectivity index (χ2v) is 4.69. The van der Waals surface area contributed by atoms with E-state index in [1.165, 1.54) is 0 Å². The maximum absolute atomic E-state index is 11.8. The normalized spacial score (nSPS) is 10.0. The predicted octanol–water partition coefficient (Wildman–Crippen LogP) is 3.97. The summed E-state index contributed by atoms with van der Waals surface area (Å²) in [5.74, 6) is 0. The molecule has 0 aliphatic carbocycles. The van der Waals surface area contributed by atoms with E-state index in [2.05, 4.69) is 10.6 Å². The fraction of sp³-hybridized carbons (Fsp3) is 0.133. The Morgan fingerprint density at radius 1 is 1.11 bits per heavy atom. The van der Waals surface area contributed by atoms with Crippen LogP contribution in [-0.4, -0.2) is 6.03 Å². The highest BCUT2D eigenvalue weighted by Crippen LogP contribution is 2.13. The van der Waals surface area contributed by atoms with Crippen LogP contribution in [0.15, 0.2) is 48.5 Å². The van der Waals surface area contributed by atoms with Crippen LogP contribution < -0.4 is 10.6 Å². The molecule has 0 saturated heterocycles. The van der Waals surface area contributed by atoms with E-state index in [1.807, 2.05) is 43.3 Å². The van der Waals surface area contributed by atoms with E-state index in [-0.39, 0.29) is 6.03 Å². The van der Waals surface area contributed by atoms with Gasteiger partial charge >= 0.3 is 6.03 Å². The minimum absolute atomic E-state index is 0.218. The molecule has 0 spiro atoms. The van der Waals surface area contributed by atoms with Gasteiger partial charge in [-0.15, -0.1) is 0 Å². The van der Waals surface area contributed by atoms with Gasteiger partial charge in [-0.3, -0.25) is 0 Å². The van der Waals surface area contributed by atoms with E-state index in [1.54, 1.807) is 12.1 Å². The molecule has 0 radical (unpaired) electrons. The number of benzene rings is 2. The largest absolute Gasteiger partial charge is 0.334 e. The van der Waals surface area contributed by atoms with Gasteiger partial charge in [0.2, 0.25) is 0 Å². The first kappa shape index (κ1) is 13.4. The fourth-order valence-corrected chi connectivity index (χ4v) is 1.79. The third-order valence-corrected chi connectivity index (χ3v) is 3.01. The Labute approximate surface area is 117 Å². The zero-order valence-corrected chi connectivity index (χ0v) is 11.4. The molecule has 4 heteroatoms. The van der Waals surface area contributed by atoms with Gasteiger partial charge in [0.1, 0.15) is 0 Å². The third-order valence-electron chi connectivity index (χ3n) is 2.76. The van der Waals surface area contributed by atoms with Crippen molar-refractivity contribution >= 4 is 23.3 Å². The second kappa shape index (κ2) is 6.25. The van der Waals surface area contributed by atoms with Crippen molar-refractivity contribution in [3.63, 3.8) is 0 Å². The lowest BCUT2D eigenvalue weighted by Crippen LogP contribution is -2.28. The molecule has 0 atom stereocenters. The van der Waals surface area contributed by atoms with Crippen molar-refractivity contribution in [2.45, 2.75) is 13.5 Å². The molecule has 0 fully saturated rings. The molecule has 2 N–H and O–H groups in total. The number of aryl methyl sites for hydroxylation is 1. The van der Waals surface area contributed by atoms with Gasteiger partial charge in [-0.25, -0.2) is 4.79 Å². The molecule has 2 rings (SSSR count). The molecule has 3 nitrogen and oxygen atoms in total. The molecule has 0 bridgehead atoms. The number of halogens is 1. The van der Waals surface area contributed by atoms with Crippen LogP contribution >= 0.6 is 11.6 Å². The summed E-state index contributed by atoms with van der Waals surface area (Å²) in [7, 11) is 0. The molecule has 0 aliphatic heterocycles. The Morgan fingerprint density at radius 3 is 2.47 bits per heavy atom. The van der Waals surface area contributed by atoms with Gasteiger partial charge in [-0.2, -0.15) is 0 Å². The first-order chi connectivity index (χ1) is 9.15. The molecule has 0 aromatic heterocycles. The van der Waals surface area contributed by atoms with E-state index in [0.29, 0.717) is 11.6 Å². The summed E-state index contributed by atoms with van der Waals surface area (Å²) in [6.45, 7) is 2.42. The van der Waals surface area contributed by atoms with Crippen LogP contribution in [0.4, 0.5) is 10.5 Å². The van der Waals surface area contributed by atoms with Gasteiger partial charge in [0.05, 0.1) is 0 Å². The Balaban J connectivity index is 1.88. The molecule has 2 aromatic carbocycles. The molecular formula is C15H15ClN2O. The van der Waals surface area contributed by atoms with Gasteiger partial charge in [-0.05, 0) is 36.2 Å². The number of anilines is 1. The van der Waals surface area contributed by atoms with Crippen molar-refractivity contribution in [3.8, 4) is 0 Å². The number of amides is 2. The van der Waals surface area contributed by atoms with Gasteiger partial charge in [-0.1, -0.05) is 41.9 Å². The smallest absolute Gasteiger partial charge is 0.319 e. The van der Waals surface area contributed by atoms with Gasteiger partial charge in [0.15, 0.2) is 0 Å². The number of hydrogen-bond donors (Lipinski definition) is 2. The predicted molar refractivity (Wildman–Crippen MR) is 78.5 cm³/mol. The maximum Gasteiger partial charge on any atom is 0.319 e. The lowest BCUT2D eigenvalue weighted by atomic mass is 10.2. The zero-order chi connectivity index (χ0) is 13.7. The summed E-state index contributed by atoms with van der Waals surface area (Å²) < 4.78 is 0. The van der Waals surface area contributed by atoms with Crippen LogP contribution in [-0.2, 0) is 6.54 Å². The van der Waals surface area contributed by atoms with Crippen molar-refractivity contribution in [3.05, 3.63) is 64.7 Å². The fourth-order valence-electron chi connectivity index (χ4n) is 1.66. The quantitative estimate of drug-likeness (QED) is 0.874. The molecule has 2 aromatic rings. The topological polar surface area (TPSA) is 41.1 Å². The SMILES string of the molecule is Cc1ccccc1NC(=O)NCc1ccc(Cl)cc1. The van der Waals surface area contributed by atoms with Gasteiger partial charge in [0, 0.05) is 17.3 Å². The van der Waals surface area contributed by atoms with Gasteiger partial charge < -0.3 is 10.6 Å². The van der Waals surface area contributed by atoms with Crippen molar-refractivity contribution < 1.29 is 4.79 Å². The van der Waals surface area contributed by atoms with E-state index in [0.717, 1.165) is 16.8 Å². The van der Waals surface area contributed by atoms with E-state index in [4.69, 9.17) is 11.6 Å². The number of urea groups is 1. The summed E-state index contributed by atoms with van der Waals surface area (Å²) in [5.41, 5.74) is 2.85. The molecule has 98 valence electrons. The highest BCUT2D eigenvalue weighted by molar-refractivity contribution is 6.30. The average molecular weight is 275 g/mol. The Kier molecular flexibility index (Phi) is 4.42. The summed E-state index contributed by atoms with van der Waals surface area (Å²) in [6.07, 6.45) is 0. The van der Waals surface area contributed by atoms with Crippen LogP contribution in [0.5, 0.6) is 0 Å². The lowest BCUT2D eigenvalue weighted by Gasteiger charge is -2.09. The van der Waals surface area contributed by atoms with E-state index < -0.39 is 0 Å². The van der Waals surface area contributed by atoms with Crippen molar-refractivity contribution in [1.82, 2.24) is 5.32 Å². The maximum atomic E-state index is 11.8. The second-order valence-electron chi connectivity index (χ2n) is 4.25. The molecule has 0 aliphatic rings. The van der Waals surface area contributed by atoms with Crippen molar-refractivity contribution in [2.75, 3.05) is 5.32 Å². The van der Waals surface area contributed by atoms with E-state index in [9.17, 15) is 4.79 Å². The molecule has 2 amide bonds. The first-order valence-corrected chi connectivity index (χ1v) is 6.38. The lowest BCUT2D eigenvalue weighted by molar-refractivity contribution is 0.251. The number of nitrogens with one attached hydrogen (secondary N) is 2. The van der Waals surface area contributed by atoms with Gasteiger partial charge in [0.25, 0.3) is 0 Å². The monoisotopic (exact) mass is 274 g/mol. The van der Waals surface area contributed by atoms with Crippen molar-refractivity contribution in [2.24, 2.45) is 0 Å². The number of hydrogen-bond acceptors (Lipinski definition) is 1. The van der Waals surface area contributed by atoms with Crippen LogP contribution in [0.3, 0.4) is 0 Å². The number of para-hydroxylation sites is 1. The highest BCUT2D eigenvalue weighted by atomic mass is 35.5.